The molecule has 0 fully saturated rings. The number of carbonyl (C=O) groups excluding carboxylic acids is 1. The first kappa shape index (κ1) is 14.3. The fourth-order valence-corrected chi connectivity index (χ4v) is 2.37. The van der Waals surface area contributed by atoms with E-state index < -0.39 is 0 Å². The van der Waals surface area contributed by atoms with E-state index in [0.717, 1.165) is 27.5 Å². The number of aromatic nitrogens is 2. The van der Waals surface area contributed by atoms with Gasteiger partial charge in [-0.05, 0) is 34.0 Å². The Kier molecular flexibility index (Phi) is 3.89. The first-order chi connectivity index (χ1) is 10.7. The second-order valence-corrected chi connectivity index (χ2v) is 5.06. The maximum atomic E-state index is 11.3. The van der Waals surface area contributed by atoms with E-state index in [2.05, 4.69) is 15.9 Å². The predicted molar refractivity (Wildman–Crippen MR) is 83.1 cm³/mol. The molecule has 112 valence electrons. The van der Waals surface area contributed by atoms with Crippen molar-refractivity contribution in [1.82, 2.24) is 9.78 Å². The zero-order valence-corrected chi connectivity index (χ0v) is 12.2. The Hall–Kier alpha value is -2.66. The van der Waals surface area contributed by atoms with Crippen LogP contribution >= 0.6 is 0 Å². The van der Waals surface area contributed by atoms with E-state index in [4.69, 9.17) is 0 Å². The van der Waals surface area contributed by atoms with Crippen LogP contribution in [0.1, 0.15) is 5.56 Å². The SMILES string of the molecule is COC(=O)Cn1cc(-c2ccc3cc(CO)ccc3c2)cn1. The summed E-state index contributed by atoms with van der Waals surface area (Å²) in [5.41, 5.74) is 2.86. The third-order valence-electron chi connectivity index (χ3n) is 3.57. The van der Waals surface area contributed by atoms with Crippen molar-refractivity contribution in [1.29, 1.82) is 0 Å². The van der Waals surface area contributed by atoms with E-state index in [1.807, 2.05) is 36.5 Å². The molecule has 0 atom stereocenters. The number of nitrogens with zero attached hydrogens (tertiary/aromatic N) is 2. The van der Waals surface area contributed by atoms with Crippen LogP contribution < -0.4 is 0 Å². The molecule has 0 spiro atoms. The zero-order valence-electron chi connectivity index (χ0n) is 12.2. The van der Waals surface area contributed by atoms with Crippen LogP contribution in [0.25, 0.3) is 21.9 Å². The van der Waals surface area contributed by atoms with E-state index in [1.165, 1.54) is 7.11 Å². The van der Waals surface area contributed by atoms with Gasteiger partial charge >= 0.3 is 5.97 Å². The van der Waals surface area contributed by atoms with Crippen LogP contribution in [-0.2, 0) is 22.7 Å². The average Bonchev–Trinajstić information content (AvgIpc) is 3.02. The Labute approximate surface area is 127 Å². The van der Waals surface area contributed by atoms with Crippen LogP contribution in [0.5, 0.6) is 0 Å². The third kappa shape index (κ3) is 2.84. The monoisotopic (exact) mass is 296 g/mol. The fraction of sp³-hybridized carbons (Fsp3) is 0.176. The van der Waals surface area contributed by atoms with Gasteiger partial charge < -0.3 is 9.84 Å². The molecule has 0 saturated heterocycles. The predicted octanol–water partition coefficient (Wildman–Crippen LogP) is 2.37. The third-order valence-corrected chi connectivity index (χ3v) is 3.57. The van der Waals surface area contributed by atoms with Gasteiger partial charge in [0.1, 0.15) is 6.54 Å². The summed E-state index contributed by atoms with van der Waals surface area (Å²) in [5, 5.41) is 15.5. The van der Waals surface area contributed by atoms with Crippen molar-refractivity contribution >= 4 is 16.7 Å². The highest BCUT2D eigenvalue weighted by Crippen LogP contribution is 2.25. The van der Waals surface area contributed by atoms with Crippen molar-refractivity contribution < 1.29 is 14.6 Å². The lowest BCUT2D eigenvalue weighted by Gasteiger charge is -2.04. The number of methoxy groups -OCH3 is 1. The topological polar surface area (TPSA) is 64.3 Å². The number of benzene rings is 2. The second kappa shape index (κ2) is 5.99. The van der Waals surface area contributed by atoms with E-state index in [9.17, 15) is 9.90 Å². The van der Waals surface area contributed by atoms with Crippen molar-refractivity contribution in [3.8, 4) is 11.1 Å². The number of esters is 1. The molecule has 22 heavy (non-hydrogen) atoms. The molecular formula is C17H16N2O3. The first-order valence-electron chi connectivity index (χ1n) is 6.93. The standard InChI is InChI=1S/C17H16N2O3/c1-22-17(21)10-19-9-16(8-18-19)15-5-4-13-6-12(11-20)2-3-14(13)7-15/h2-9,20H,10-11H2,1H3. The molecule has 0 aliphatic heterocycles. The van der Waals surface area contributed by atoms with Gasteiger partial charge in [0.2, 0.25) is 0 Å². The summed E-state index contributed by atoms with van der Waals surface area (Å²) in [4.78, 5) is 11.3. The summed E-state index contributed by atoms with van der Waals surface area (Å²) in [6, 6.07) is 12.0. The summed E-state index contributed by atoms with van der Waals surface area (Å²) in [6.45, 7) is 0.141. The second-order valence-electron chi connectivity index (χ2n) is 5.06. The van der Waals surface area contributed by atoms with Gasteiger partial charge in [-0.1, -0.05) is 24.3 Å². The molecule has 3 rings (SSSR count). The van der Waals surface area contributed by atoms with Gasteiger partial charge in [0.15, 0.2) is 0 Å². The molecular weight excluding hydrogens is 280 g/mol. The lowest BCUT2D eigenvalue weighted by molar-refractivity contribution is -0.141. The molecule has 1 aromatic heterocycles. The van der Waals surface area contributed by atoms with Gasteiger partial charge in [-0.3, -0.25) is 9.48 Å². The summed E-state index contributed by atoms with van der Waals surface area (Å²) in [5.74, 6) is -0.329. The van der Waals surface area contributed by atoms with E-state index in [0.29, 0.717) is 0 Å². The number of fused-ring (bicyclic) bond motifs is 1. The lowest BCUT2D eigenvalue weighted by atomic mass is 10.0. The van der Waals surface area contributed by atoms with Crippen LogP contribution in [0.4, 0.5) is 0 Å². The Morgan fingerprint density at radius 3 is 2.73 bits per heavy atom. The Balaban J connectivity index is 1.91. The highest BCUT2D eigenvalue weighted by Gasteiger charge is 2.07. The van der Waals surface area contributed by atoms with Crippen molar-refractivity contribution in [3.63, 3.8) is 0 Å². The van der Waals surface area contributed by atoms with Crippen molar-refractivity contribution in [2.45, 2.75) is 13.2 Å². The molecule has 5 heteroatoms. The van der Waals surface area contributed by atoms with Crippen molar-refractivity contribution in [2.75, 3.05) is 7.11 Å². The molecule has 0 amide bonds. The summed E-state index contributed by atoms with van der Waals surface area (Å²) in [7, 11) is 1.36. The largest absolute Gasteiger partial charge is 0.468 e. The number of rotatable bonds is 4. The lowest BCUT2D eigenvalue weighted by Crippen LogP contribution is -2.11. The van der Waals surface area contributed by atoms with Crippen LogP contribution in [0, 0.1) is 0 Å². The molecule has 0 radical (unpaired) electrons. The number of aliphatic hydroxyl groups is 1. The Bertz CT molecular complexity index is 824. The molecule has 3 aromatic rings. The van der Waals surface area contributed by atoms with Crippen LogP contribution in [-0.4, -0.2) is 28.0 Å². The summed E-state index contributed by atoms with van der Waals surface area (Å²) in [6.07, 6.45) is 3.55. The number of carbonyl (C=O) groups is 1. The Morgan fingerprint density at radius 1 is 1.18 bits per heavy atom. The molecule has 0 aliphatic carbocycles. The first-order valence-corrected chi connectivity index (χ1v) is 6.93. The molecule has 1 heterocycles. The minimum Gasteiger partial charge on any atom is -0.468 e. The normalized spacial score (nSPS) is 10.8. The quantitative estimate of drug-likeness (QED) is 0.751. The summed E-state index contributed by atoms with van der Waals surface area (Å²) < 4.78 is 6.18. The molecule has 0 unspecified atom stereocenters. The number of hydrogen-bond donors (Lipinski definition) is 1. The van der Waals surface area contributed by atoms with Gasteiger partial charge in [0.05, 0.1) is 19.9 Å². The van der Waals surface area contributed by atoms with Gasteiger partial charge in [0, 0.05) is 11.8 Å². The number of ether oxygens (including phenoxy) is 1. The van der Waals surface area contributed by atoms with Crippen LogP contribution in [0.3, 0.4) is 0 Å². The maximum absolute atomic E-state index is 11.3. The smallest absolute Gasteiger partial charge is 0.327 e. The van der Waals surface area contributed by atoms with Gasteiger partial charge in [0.25, 0.3) is 0 Å². The van der Waals surface area contributed by atoms with E-state index >= 15 is 0 Å². The molecule has 5 nitrogen and oxygen atoms in total. The average molecular weight is 296 g/mol. The molecule has 1 N–H and O–H groups in total. The van der Waals surface area contributed by atoms with Gasteiger partial charge in [-0.25, -0.2) is 0 Å². The van der Waals surface area contributed by atoms with E-state index in [1.54, 1.807) is 10.9 Å². The minimum atomic E-state index is -0.329. The van der Waals surface area contributed by atoms with Crippen molar-refractivity contribution in [2.24, 2.45) is 0 Å². The number of aliphatic hydroxyl groups excluding tert-OH is 1. The number of hydrogen-bond acceptors (Lipinski definition) is 4. The zero-order chi connectivity index (χ0) is 15.5. The van der Waals surface area contributed by atoms with Crippen molar-refractivity contribution in [3.05, 3.63) is 54.4 Å². The van der Waals surface area contributed by atoms with E-state index in [-0.39, 0.29) is 19.1 Å². The molecule has 2 aromatic carbocycles. The summed E-state index contributed by atoms with van der Waals surface area (Å²) >= 11 is 0. The molecule has 0 aliphatic rings. The highest BCUT2D eigenvalue weighted by atomic mass is 16.5. The van der Waals surface area contributed by atoms with Crippen LogP contribution in [0.15, 0.2) is 48.8 Å². The van der Waals surface area contributed by atoms with Gasteiger partial charge in [-0.2, -0.15) is 5.10 Å². The Morgan fingerprint density at radius 2 is 1.95 bits per heavy atom. The van der Waals surface area contributed by atoms with Gasteiger partial charge in [-0.15, -0.1) is 0 Å². The molecule has 0 bridgehead atoms. The van der Waals surface area contributed by atoms with Crippen LogP contribution in [0.2, 0.25) is 0 Å². The fourth-order valence-electron chi connectivity index (χ4n) is 2.37. The maximum Gasteiger partial charge on any atom is 0.327 e. The molecule has 0 saturated carbocycles. The highest BCUT2D eigenvalue weighted by molar-refractivity contribution is 5.87. The minimum absolute atomic E-state index is 0.0397.